The molecule has 0 saturated heterocycles. The summed E-state index contributed by atoms with van der Waals surface area (Å²) in [6, 6.07) is 8.94. The molecule has 0 bridgehead atoms. The minimum Gasteiger partial charge on any atom is -0.497 e. The Morgan fingerprint density at radius 1 is 1.30 bits per heavy atom. The van der Waals surface area contributed by atoms with Gasteiger partial charge < -0.3 is 9.64 Å². The first-order chi connectivity index (χ1) is 11.0. The molecule has 0 aromatic heterocycles. The summed E-state index contributed by atoms with van der Waals surface area (Å²) in [5, 5.41) is 0.0435. The first kappa shape index (κ1) is 15.5. The van der Waals surface area contributed by atoms with Crippen molar-refractivity contribution >= 4 is 29.0 Å². The van der Waals surface area contributed by atoms with Crippen molar-refractivity contribution in [3.8, 4) is 5.75 Å². The molecule has 23 heavy (non-hydrogen) atoms. The van der Waals surface area contributed by atoms with Gasteiger partial charge >= 0.3 is 0 Å². The van der Waals surface area contributed by atoms with E-state index in [0.717, 1.165) is 0 Å². The van der Waals surface area contributed by atoms with Gasteiger partial charge in [0.2, 0.25) is 0 Å². The van der Waals surface area contributed by atoms with Crippen molar-refractivity contribution in [2.45, 2.75) is 6.42 Å². The molecular weight excluding hydrogens is 321 g/mol. The second kappa shape index (κ2) is 6.01. The minimum absolute atomic E-state index is 0.0435. The molecule has 0 atom stereocenters. The summed E-state index contributed by atoms with van der Waals surface area (Å²) in [6.45, 7) is 0.182. The minimum atomic E-state index is -0.686. The van der Waals surface area contributed by atoms with Crippen LogP contribution in [0.2, 0.25) is 5.02 Å². The third kappa shape index (κ3) is 2.68. The smallest absolute Gasteiger partial charge is 0.262 e. The van der Waals surface area contributed by atoms with Crippen molar-refractivity contribution in [2.24, 2.45) is 0 Å². The molecule has 0 radical (unpaired) electrons. The van der Waals surface area contributed by atoms with Crippen molar-refractivity contribution in [3.05, 3.63) is 58.4 Å². The second-order valence-electron chi connectivity index (χ2n) is 5.11. The van der Waals surface area contributed by atoms with E-state index in [9.17, 15) is 14.0 Å². The summed E-state index contributed by atoms with van der Waals surface area (Å²) in [7, 11) is 1.50. The van der Waals surface area contributed by atoms with Crippen molar-refractivity contribution in [2.75, 3.05) is 18.6 Å². The van der Waals surface area contributed by atoms with Crippen LogP contribution in [0, 0.1) is 5.82 Å². The number of hydrogen-bond donors (Lipinski definition) is 0. The average molecular weight is 334 g/mol. The molecule has 0 N–H and O–H groups in total. The van der Waals surface area contributed by atoms with E-state index in [1.54, 1.807) is 18.2 Å². The monoisotopic (exact) mass is 333 g/mol. The molecule has 2 aromatic rings. The largest absolute Gasteiger partial charge is 0.497 e. The zero-order valence-corrected chi connectivity index (χ0v) is 13.1. The van der Waals surface area contributed by atoms with Crippen LogP contribution in [-0.4, -0.2) is 25.3 Å². The lowest BCUT2D eigenvalue weighted by atomic mass is 9.99. The fraction of sp³-hybridized carbons (Fsp3) is 0.176. The summed E-state index contributed by atoms with van der Waals surface area (Å²) in [5.74, 6) is -0.806. The van der Waals surface area contributed by atoms with E-state index in [2.05, 4.69) is 0 Å². The Labute approximate surface area is 137 Å². The molecule has 3 rings (SSSR count). The third-order valence-electron chi connectivity index (χ3n) is 3.78. The zero-order valence-electron chi connectivity index (χ0n) is 12.3. The van der Waals surface area contributed by atoms with E-state index in [1.165, 1.54) is 30.2 Å². The Balaban J connectivity index is 2.07. The maximum Gasteiger partial charge on any atom is 0.262 e. The molecule has 6 heteroatoms. The fourth-order valence-corrected chi connectivity index (χ4v) is 2.86. The highest BCUT2D eigenvalue weighted by Gasteiger charge is 2.30. The Hall–Kier alpha value is -2.40. The Morgan fingerprint density at radius 2 is 2.09 bits per heavy atom. The Kier molecular flexibility index (Phi) is 4.05. The summed E-state index contributed by atoms with van der Waals surface area (Å²) in [5.41, 5.74) is 0.632. The molecule has 118 valence electrons. The predicted octanol–water partition coefficient (Wildman–Crippen LogP) is 3.72. The van der Waals surface area contributed by atoms with Gasteiger partial charge in [0.25, 0.3) is 5.91 Å². The number of amides is 1. The first-order valence-electron chi connectivity index (χ1n) is 7.00. The number of anilines is 1. The topological polar surface area (TPSA) is 46.6 Å². The lowest BCUT2D eigenvalue weighted by molar-refractivity contribution is 0.0953. The molecule has 1 aliphatic rings. The van der Waals surface area contributed by atoms with Crippen LogP contribution in [0.4, 0.5) is 10.1 Å². The van der Waals surface area contributed by atoms with Gasteiger partial charge in [-0.25, -0.2) is 4.39 Å². The molecule has 0 aliphatic carbocycles. The van der Waals surface area contributed by atoms with Crippen molar-refractivity contribution in [3.63, 3.8) is 0 Å². The molecule has 1 aliphatic heterocycles. The Bertz CT molecular complexity index is 786. The van der Waals surface area contributed by atoms with Crippen LogP contribution in [0.1, 0.15) is 27.1 Å². The maximum absolute atomic E-state index is 14.0. The molecule has 0 saturated carbocycles. The van der Waals surface area contributed by atoms with Gasteiger partial charge in [0.1, 0.15) is 11.6 Å². The number of hydrogen-bond acceptors (Lipinski definition) is 3. The normalized spacial score (nSPS) is 13.7. The lowest BCUT2D eigenvalue weighted by Crippen LogP contribution is -2.38. The SMILES string of the molecule is COc1ccc2c(c1)C(=O)CCN2C(=O)c1c(F)cccc1Cl. The van der Waals surface area contributed by atoms with Gasteiger partial charge in [-0.2, -0.15) is 0 Å². The first-order valence-corrected chi connectivity index (χ1v) is 7.38. The molecular formula is C17H13ClFNO3. The van der Waals surface area contributed by atoms with Gasteiger partial charge in [-0.15, -0.1) is 0 Å². The molecule has 4 nitrogen and oxygen atoms in total. The zero-order chi connectivity index (χ0) is 16.6. The number of Topliss-reactive ketones (excluding diaryl/α,β-unsaturated/α-hetero) is 1. The van der Waals surface area contributed by atoms with Gasteiger partial charge in [-0.1, -0.05) is 17.7 Å². The number of methoxy groups -OCH3 is 1. The molecule has 1 amide bonds. The fourth-order valence-electron chi connectivity index (χ4n) is 2.62. The van der Waals surface area contributed by atoms with Crippen LogP contribution in [0.3, 0.4) is 0 Å². The van der Waals surface area contributed by atoms with E-state index in [1.807, 2.05) is 0 Å². The van der Waals surface area contributed by atoms with Gasteiger partial charge in [0, 0.05) is 18.5 Å². The molecule has 1 heterocycles. The van der Waals surface area contributed by atoms with E-state index >= 15 is 0 Å². The van der Waals surface area contributed by atoms with Gasteiger partial charge in [-0.05, 0) is 30.3 Å². The summed E-state index contributed by atoms with van der Waals surface area (Å²) in [4.78, 5) is 26.2. The Morgan fingerprint density at radius 3 is 2.78 bits per heavy atom. The van der Waals surface area contributed by atoms with Crippen LogP contribution in [0.25, 0.3) is 0 Å². The average Bonchev–Trinajstić information content (AvgIpc) is 2.54. The highest BCUT2D eigenvalue weighted by atomic mass is 35.5. The van der Waals surface area contributed by atoms with E-state index < -0.39 is 11.7 Å². The number of nitrogens with zero attached hydrogens (tertiary/aromatic N) is 1. The second-order valence-corrected chi connectivity index (χ2v) is 5.52. The number of carbonyl (C=O) groups is 2. The van der Waals surface area contributed by atoms with E-state index in [-0.39, 0.29) is 29.3 Å². The summed E-state index contributed by atoms with van der Waals surface area (Å²) >= 11 is 5.97. The highest BCUT2D eigenvalue weighted by molar-refractivity contribution is 6.34. The molecule has 0 fully saturated rings. The van der Waals surface area contributed by atoms with Crippen LogP contribution >= 0.6 is 11.6 Å². The summed E-state index contributed by atoms with van der Waals surface area (Å²) in [6.07, 6.45) is 0.165. The quantitative estimate of drug-likeness (QED) is 0.841. The van der Waals surface area contributed by atoms with Crippen LogP contribution < -0.4 is 9.64 Å². The lowest BCUT2D eigenvalue weighted by Gasteiger charge is -2.29. The number of fused-ring (bicyclic) bond motifs is 1. The summed E-state index contributed by atoms with van der Waals surface area (Å²) < 4.78 is 19.1. The van der Waals surface area contributed by atoms with Gasteiger partial charge in [-0.3, -0.25) is 9.59 Å². The van der Waals surface area contributed by atoms with Gasteiger partial charge in [0.05, 0.1) is 23.4 Å². The van der Waals surface area contributed by atoms with Crippen LogP contribution in [-0.2, 0) is 0 Å². The standard InChI is InChI=1S/C17H13ClFNO3/c1-23-10-5-6-14-11(9-10)15(21)7-8-20(14)17(22)16-12(18)3-2-4-13(16)19/h2-6,9H,7-8H2,1H3. The number of benzene rings is 2. The van der Waals surface area contributed by atoms with Crippen LogP contribution in [0.5, 0.6) is 5.75 Å². The number of carbonyl (C=O) groups excluding carboxylic acids is 2. The number of rotatable bonds is 2. The molecule has 0 unspecified atom stereocenters. The third-order valence-corrected chi connectivity index (χ3v) is 4.09. The number of ketones is 1. The number of halogens is 2. The van der Waals surface area contributed by atoms with Crippen molar-refractivity contribution in [1.29, 1.82) is 0 Å². The van der Waals surface area contributed by atoms with E-state index in [0.29, 0.717) is 17.0 Å². The highest BCUT2D eigenvalue weighted by Crippen LogP contribution is 2.33. The van der Waals surface area contributed by atoms with Crippen molar-refractivity contribution in [1.82, 2.24) is 0 Å². The van der Waals surface area contributed by atoms with E-state index in [4.69, 9.17) is 16.3 Å². The van der Waals surface area contributed by atoms with Crippen LogP contribution in [0.15, 0.2) is 36.4 Å². The maximum atomic E-state index is 14.0. The van der Waals surface area contributed by atoms with Gasteiger partial charge in [0.15, 0.2) is 5.78 Å². The molecule has 2 aromatic carbocycles. The van der Waals surface area contributed by atoms with Crippen molar-refractivity contribution < 1.29 is 18.7 Å². The predicted molar refractivity (Wildman–Crippen MR) is 85.0 cm³/mol. The molecule has 0 spiro atoms. The number of ether oxygens (including phenoxy) is 1.